The van der Waals surface area contributed by atoms with E-state index < -0.39 is 5.97 Å². The van der Waals surface area contributed by atoms with Crippen LogP contribution in [0.1, 0.15) is 23.0 Å². The van der Waals surface area contributed by atoms with E-state index in [9.17, 15) is 4.79 Å². The number of hydrogen-bond acceptors (Lipinski definition) is 3. The van der Waals surface area contributed by atoms with E-state index in [0.717, 1.165) is 5.69 Å². The maximum absolute atomic E-state index is 11.0. The minimum atomic E-state index is -0.940. The van der Waals surface area contributed by atoms with E-state index in [1.54, 1.807) is 17.8 Å². The van der Waals surface area contributed by atoms with E-state index in [-0.39, 0.29) is 5.56 Å². The Morgan fingerprint density at radius 2 is 2.27 bits per heavy atom. The Bertz CT molecular complexity index is 531. The van der Waals surface area contributed by atoms with Gasteiger partial charge in [-0.05, 0) is 6.42 Å². The maximum Gasteiger partial charge on any atom is 0.338 e. The van der Waals surface area contributed by atoms with E-state index >= 15 is 0 Å². The molecule has 1 N–H and O–H groups in total. The summed E-state index contributed by atoms with van der Waals surface area (Å²) in [6, 6.07) is 0. The van der Waals surface area contributed by atoms with E-state index in [4.69, 9.17) is 5.11 Å². The largest absolute Gasteiger partial charge is 0.478 e. The van der Waals surface area contributed by atoms with E-state index in [1.165, 1.54) is 6.33 Å². The fraction of sp³-hybridized carbons (Fsp3) is 0.300. The van der Waals surface area contributed by atoms with Crippen LogP contribution in [0.2, 0.25) is 0 Å². The molecule has 0 fully saturated rings. The molecule has 2 aromatic heterocycles. The van der Waals surface area contributed by atoms with Gasteiger partial charge in [0, 0.05) is 13.2 Å². The molecule has 78 valence electrons. The van der Waals surface area contributed by atoms with Crippen LogP contribution in [0.4, 0.5) is 0 Å². The lowest BCUT2D eigenvalue weighted by atomic mass is 10.1. The second-order valence-corrected chi connectivity index (χ2v) is 3.33. The zero-order chi connectivity index (χ0) is 11.0. The number of carboxylic acids is 1. The standard InChI is InChI=1S/C10H11N3O2/c1-3-7-8-6(10(14)15)4-13(2)9(8)12-5-11-7/h4-5H,3H2,1-2H3,(H,14,15). The third kappa shape index (κ3) is 1.36. The number of aromatic carboxylic acids is 1. The van der Waals surface area contributed by atoms with Crippen molar-refractivity contribution < 1.29 is 9.90 Å². The Hall–Kier alpha value is -1.91. The molecule has 0 aliphatic rings. The molecule has 0 aromatic carbocycles. The molecule has 0 amide bonds. The Labute approximate surface area is 86.4 Å². The van der Waals surface area contributed by atoms with Gasteiger partial charge in [0.2, 0.25) is 0 Å². The molecule has 0 saturated heterocycles. The quantitative estimate of drug-likeness (QED) is 0.800. The van der Waals surface area contributed by atoms with Crippen molar-refractivity contribution in [2.24, 2.45) is 7.05 Å². The number of nitrogens with zero attached hydrogens (tertiary/aromatic N) is 3. The van der Waals surface area contributed by atoms with Crippen LogP contribution in [0, 0.1) is 0 Å². The molecule has 0 atom stereocenters. The summed E-state index contributed by atoms with van der Waals surface area (Å²) in [5.41, 5.74) is 1.71. The summed E-state index contributed by atoms with van der Waals surface area (Å²) >= 11 is 0. The van der Waals surface area contributed by atoms with Gasteiger partial charge in [0.05, 0.1) is 16.6 Å². The molecule has 5 heteroatoms. The minimum Gasteiger partial charge on any atom is -0.478 e. The first-order valence-corrected chi connectivity index (χ1v) is 4.67. The van der Waals surface area contributed by atoms with Crippen LogP contribution >= 0.6 is 0 Å². The fourth-order valence-electron chi connectivity index (χ4n) is 1.70. The fourth-order valence-corrected chi connectivity index (χ4v) is 1.70. The Morgan fingerprint density at radius 1 is 1.53 bits per heavy atom. The predicted molar refractivity (Wildman–Crippen MR) is 54.8 cm³/mol. The van der Waals surface area contributed by atoms with Crippen molar-refractivity contribution in [1.82, 2.24) is 14.5 Å². The van der Waals surface area contributed by atoms with Crippen molar-refractivity contribution in [3.63, 3.8) is 0 Å². The SMILES string of the molecule is CCc1ncnc2c1c(C(=O)O)cn2C. The van der Waals surface area contributed by atoms with Crippen molar-refractivity contribution in [3.05, 3.63) is 23.8 Å². The molecule has 0 radical (unpaired) electrons. The average molecular weight is 205 g/mol. The highest BCUT2D eigenvalue weighted by atomic mass is 16.4. The van der Waals surface area contributed by atoms with Gasteiger partial charge in [-0.15, -0.1) is 0 Å². The number of fused-ring (bicyclic) bond motifs is 1. The smallest absolute Gasteiger partial charge is 0.338 e. The summed E-state index contributed by atoms with van der Waals surface area (Å²) in [6.45, 7) is 1.94. The highest BCUT2D eigenvalue weighted by Crippen LogP contribution is 2.21. The lowest BCUT2D eigenvalue weighted by Gasteiger charge is -1.99. The second-order valence-electron chi connectivity index (χ2n) is 3.33. The summed E-state index contributed by atoms with van der Waals surface area (Å²) < 4.78 is 1.71. The summed E-state index contributed by atoms with van der Waals surface area (Å²) in [7, 11) is 1.78. The molecule has 0 aliphatic carbocycles. The van der Waals surface area contributed by atoms with Gasteiger partial charge < -0.3 is 9.67 Å². The lowest BCUT2D eigenvalue weighted by Crippen LogP contribution is -1.98. The van der Waals surface area contributed by atoms with Crippen LogP contribution in [0.15, 0.2) is 12.5 Å². The monoisotopic (exact) mass is 205 g/mol. The van der Waals surface area contributed by atoms with Crippen molar-refractivity contribution >= 4 is 17.0 Å². The number of carboxylic acid groups (broad SMARTS) is 1. The molecular weight excluding hydrogens is 194 g/mol. The molecule has 0 saturated carbocycles. The third-order valence-electron chi connectivity index (χ3n) is 2.40. The Balaban J connectivity index is 2.88. The number of rotatable bonds is 2. The summed E-state index contributed by atoms with van der Waals surface area (Å²) in [6.07, 6.45) is 3.73. The highest BCUT2D eigenvalue weighted by molar-refractivity contribution is 6.03. The third-order valence-corrected chi connectivity index (χ3v) is 2.40. The van der Waals surface area contributed by atoms with Gasteiger partial charge in [-0.3, -0.25) is 0 Å². The average Bonchev–Trinajstić information content (AvgIpc) is 2.56. The number of aryl methyl sites for hydroxylation is 2. The molecule has 0 unspecified atom stereocenters. The highest BCUT2D eigenvalue weighted by Gasteiger charge is 2.16. The summed E-state index contributed by atoms with van der Waals surface area (Å²) in [5.74, 6) is -0.940. The minimum absolute atomic E-state index is 0.268. The second kappa shape index (κ2) is 3.34. The molecule has 15 heavy (non-hydrogen) atoms. The van der Waals surface area contributed by atoms with Gasteiger partial charge in [0.15, 0.2) is 0 Å². The zero-order valence-electron chi connectivity index (χ0n) is 8.56. The van der Waals surface area contributed by atoms with Gasteiger partial charge in [-0.1, -0.05) is 6.92 Å². The molecule has 0 bridgehead atoms. The predicted octanol–water partition coefficient (Wildman–Crippen LogP) is 1.23. The van der Waals surface area contributed by atoms with Crippen molar-refractivity contribution in [2.45, 2.75) is 13.3 Å². The van der Waals surface area contributed by atoms with Crippen LogP contribution < -0.4 is 0 Å². The molecule has 5 nitrogen and oxygen atoms in total. The first kappa shape index (κ1) is 9.64. The zero-order valence-corrected chi connectivity index (χ0v) is 8.56. The van der Waals surface area contributed by atoms with Crippen molar-refractivity contribution in [3.8, 4) is 0 Å². The van der Waals surface area contributed by atoms with Gasteiger partial charge in [-0.25, -0.2) is 14.8 Å². The summed E-state index contributed by atoms with van der Waals surface area (Å²) in [4.78, 5) is 19.2. The van der Waals surface area contributed by atoms with Crippen molar-refractivity contribution in [2.75, 3.05) is 0 Å². The molecule has 2 rings (SSSR count). The van der Waals surface area contributed by atoms with Gasteiger partial charge in [0.25, 0.3) is 0 Å². The van der Waals surface area contributed by atoms with E-state index in [1.807, 2.05) is 6.92 Å². The van der Waals surface area contributed by atoms with Gasteiger partial charge >= 0.3 is 5.97 Å². The maximum atomic E-state index is 11.0. The number of aromatic nitrogens is 3. The normalized spacial score (nSPS) is 10.8. The van der Waals surface area contributed by atoms with Gasteiger partial charge in [0.1, 0.15) is 12.0 Å². The molecule has 2 heterocycles. The van der Waals surface area contributed by atoms with Crippen molar-refractivity contribution in [1.29, 1.82) is 0 Å². The Kier molecular flexibility index (Phi) is 2.15. The van der Waals surface area contributed by atoms with E-state index in [0.29, 0.717) is 17.5 Å². The topological polar surface area (TPSA) is 68.0 Å². The van der Waals surface area contributed by atoms with Crippen LogP contribution in [-0.4, -0.2) is 25.6 Å². The van der Waals surface area contributed by atoms with Crippen LogP contribution in [0.3, 0.4) is 0 Å². The van der Waals surface area contributed by atoms with Crippen LogP contribution in [0.5, 0.6) is 0 Å². The summed E-state index contributed by atoms with van der Waals surface area (Å²) in [5, 5.41) is 9.70. The first-order chi connectivity index (χ1) is 7.15. The first-order valence-electron chi connectivity index (χ1n) is 4.67. The molecule has 0 aliphatic heterocycles. The molecule has 0 spiro atoms. The molecular formula is C10H11N3O2. The van der Waals surface area contributed by atoms with Crippen LogP contribution in [-0.2, 0) is 13.5 Å². The lowest BCUT2D eigenvalue weighted by molar-refractivity contribution is 0.0698. The van der Waals surface area contributed by atoms with Crippen LogP contribution in [0.25, 0.3) is 11.0 Å². The van der Waals surface area contributed by atoms with E-state index in [2.05, 4.69) is 9.97 Å². The number of carbonyl (C=O) groups is 1. The number of hydrogen-bond donors (Lipinski definition) is 1. The Morgan fingerprint density at radius 3 is 2.87 bits per heavy atom. The van der Waals surface area contributed by atoms with Gasteiger partial charge in [-0.2, -0.15) is 0 Å². The molecule has 2 aromatic rings.